The minimum Gasteiger partial charge on any atom is -0.475 e. The number of rotatable bonds is 5. The number of carbonyl (C=O) groups excluding carboxylic acids is 1. The Morgan fingerprint density at radius 2 is 2.44 bits per heavy atom. The van der Waals surface area contributed by atoms with E-state index in [0.717, 1.165) is 0 Å². The van der Waals surface area contributed by atoms with Gasteiger partial charge in [0.15, 0.2) is 0 Å². The number of ether oxygens (including phenoxy) is 1. The van der Waals surface area contributed by atoms with Gasteiger partial charge in [-0.05, 0) is 6.07 Å². The minimum atomic E-state index is -0.939. The third-order valence-electron chi connectivity index (χ3n) is 1.69. The van der Waals surface area contributed by atoms with Gasteiger partial charge in [-0.1, -0.05) is 0 Å². The third kappa shape index (κ3) is 4.24. The van der Waals surface area contributed by atoms with E-state index in [1.54, 1.807) is 6.07 Å². The normalized spacial score (nSPS) is 11.9. The van der Waals surface area contributed by atoms with Crippen LogP contribution in [0.1, 0.15) is 6.92 Å². The van der Waals surface area contributed by atoms with Crippen LogP contribution in [-0.2, 0) is 4.79 Å². The van der Waals surface area contributed by atoms with Gasteiger partial charge >= 0.3 is 0 Å². The number of hydrogen-bond acceptors (Lipinski definition) is 5. The van der Waals surface area contributed by atoms with Crippen molar-refractivity contribution in [2.45, 2.75) is 13.0 Å². The lowest BCUT2D eigenvalue weighted by atomic mass is 10.4. The highest BCUT2D eigenvalue weighted by Crippen LogP contribution is 2.13. The second kappa shape index (κ2) is 6.04. The van der Waals surface area contributed by atoms with Crippen molar-refractivity contribution in [3.05, 3.63) is 18.3 Å². The highest BCUT2D eigenvalue weighted by atomic mass is 16.5. The zero-order valence-corrected chi connectivity index (χ0v) is 8.88. The summed E-state index contributed by atoms with van der Waals surface area (Å²) in [7, 11) is 0. The maximum absolute atomic E-state index is 10.8. The molecule has 0 unspecified atom stereocenters. The predicted octanol–water partition coefficient (Wildman–Crippen LogP) is -0.228. The van der Waals surface area contributed by atoms with Crippen LogP contribution >= 0.6 is 0 Å². The molecule has 0 radical (unpaired) electrons. The summed E-state index contributed by atoms with van der Waals surface area (Å²) in [6.45, 7) is 0.981. The number of carbonyl (C=O) groups is 1. The molecule has 16 heavy (non-hydrogen) atoms. The molecule has 0 saturated carbocycles. The Hall–Kier alpha value is -1.66. The van der Waals surface area contributed by atoms with Gasteiger partial charge in [-0.25, -0.2) is 4.98 Å². The molecule has 1 aromatic rings. The van der Waals surface area contributed by atoms with E-state index >= 15 is 0 Å². The fourth-order valence-electron chi connectivity index (χ4n) is 1.00. The van der Waals surface area contributed by atoms with E-state index in [4.69, 9.17) is 14.9 Å². The summed E-state index contributed by atoms with van der Waals surface area (Å²) in [6.07, 6.45) is 0.539. The van der Waals surface area contributed by atoms with Gasteiger partial charge in [0.1, 0.15) is 12.7 Å². The molecule has 0 bridgehead atoms. The average Bonchev–Trinajstić information content (AvgIpc) is 2.25. The molecule has 3 N–H and O–H groups in total. The first-order valence-electron chi connectivity index (χ1n) is 4.77. The first-order chi connectivity index (χ1) is 7.61. The number of aliphatic hydroxyl groups excluding tert-OH is 2. The van der Waals surface area contributed by atoms with E-state index < -0.39 is 6.10 Å². The van der Waals surface area contributed by atoms with Crippen molar-refractivity contribution in [1.82, 2.24) is 4.98 Å². The molecule has 0 fully saturated rings. The summed E-state index contributed by atoms with van der Waals surface area (Å²) >= 11 is 0. The minimum absolute atomic E-state index is 0.0486. The number of pyridine rings is 1. The second-order valence-corrected chi connectivity index (χ2v) is 3.21. The highest BCUT2D eigenvalue weighted by Gasteiger charge is 2.04. The van der Waals surface area contributed by atoms with Crippen molar-refractivity contribution < 1.29 is 19.7 Å². The standard InChI is InChI=1S/C10H14N2O4/c1-7(14)12-8-2-3-11-10(4-8)16-6-9(15)5-13/h2-4,9,13,15H,5-6H2,1H3,(H,11,12,14)/t9-/m0/s1. The smallest absolute Gasteiger partial charge is 0.221 e. The molecule has 0 aliphatic carbocycles. The molecular formula is C10H14N2O4. The van der Waals surface area contributed by atoms with Gasteiger partial charge in [0.2, 0.25) is 11.8 Å². The van der Waals surface area contributed by atoms with Crippen LogP contribution in [0.5, 0.6) is 5.88 Å². The predicted molar refractivity (Wildman–Crippen MR) is 57.1 cm³/mol. The van der Waals surface area contributed by atoms with E-state index in [0.29, 0.717) is 5.69 Å². The number of amides is 1. The molecule has 0 aliphatic heterocycles. The summed E-state index contributed by atoms with van der Waals surface area (Å²) in [4.78, 5) is 14.7. The van der Waals surface area contributed by atoms with Gasteiger partial charge in [-0.3, -0.25) is 4.79 Å². The van der Waals surface area contributed by atoms with Crippen LogP contribution in [-0.4, -0.2) is 40.4 Å². The van der Waals surface area contributed by atoms with Crippen LogP contribution in [0.4, 0.5) is 5.69 Å². The first-order valence-corrected chi connectivity index (χ1v) is 4.77. The molecule has 1 rings (SSSR count). The van der Waals surface area contributed by atoms with Gasteiger partial charge in [0.05, 0.1) is 6.61 Å². The van der Waals surface area contributed by atoms with Crippen LogP contribution in [0.2, 0.25) is 0 Å². The molecule has 6 nitrogen and oxygen atoms in total. The lowest BCUT2D eigenvalue weighted by Gasteiger charge is -2.09. The van der Waals surface area contributed by atoms with E-state index in [1.807, 2.05) is 0 Å². The van der Waals surface area contributed by atoms with Crippen molar-refractivity contribution in [3.63, 3.8) is 0 Å². The number of nitrogens with one attached hydrogen (secondary N) is 1. The van der Waals surface area contributed by atoms with Gasteiger partial charge in [0.25, 0.3) is 0 Å². The van der Waals surface area contributed by atoms with Crippen LogP contribution in [0.15, 0.2) is 18.3 Å². The Bertz CT molecular complexity index is 356. The summed E-state index contributed by atoms with van der Waals surface area (Å²) in [6, 6.07) is 3.15. The van der Waals surface area contributed by atoms with Crippen molar-refractivity contribution in [3.8, 4) is 5.88 Å². The van der Waals surface area contributed by atoms with Crippen molar-refractivity contribution in [2.75, 3.05) is 18.5 Å². The molecule has 88 valence electrons. The summed E-state index contributed by atoms with van der Waals surface area (Å²) in [5.74, 6) is 0.0892. The fraction of sp³-hybridized carbons (Fsp3) is 0.400. The van der Waals surface area contributed by atoms with Crippen molar-refractivity contribution in [1.29, 1.82) is 0 Å². The molecule has 1 heterocycles. The molecular weight excluding hydrogens is 212 g/mol. The summed E-state index contributed by atoms with van der Waals surface area (Å²) in [5, 5.41) is 20.2. The zero-order chi connectivity index (χ0) is 12.0. The molecule has 0 aliphatic rings. The van der Waals surface area contributed by atoms with Crippen molar-refractivity contribution >= 4 is 11.6 Å². The fourth-order valence-corrected chi connectivity index (χ4v) is 1.00. The van der Waals surface area contributed by atoms with E-state index in [2.05, 4.69) is 10.3 Å². The Balaban J connectivity index is 2.56. The molecule has 0 saturated heterocycles. The molecule has 1 amide bonds. The summed E-state index contributed by atoms with van der Waals surface area (Å²) in [5.41, 5.74) is 0.566. The molecule has 1 aromatic heterocycles. The van der Waals surface area contributed by atoms with Crippen LogP contribution in [0, 0.1) is 0 Å². The highest BCUT2D eigenvalue weighted by molar-refractivity contribution is 5.88. The quantitative estimate of drug-likeness (QED) is 0.645. The van der Waals surface area contributed by atoms with Gasteiger partial charge in [0, 0.05) is 24.9 Å². The number of anilines is 1. The molecule has 1 atom stereocenters. The van der Waals surface area contributed by atoms with E-state index in [1.165, 1.54) is 19.2 Å². The maximum Gasteiger partial charge on any atom is 0.221 e. The van der Waals surface area contributed by atoms with Crippen LogP contribution in [0.25, 0.3) is 0 Å². The number of nitrogens with zero attached hydrogens (tertiary/aromatic N) is 1. The van der Waals surface area contributed by atoms with Gasteiger partial charge in [-0.15, -0.1) is 0 Å². The van der Waals surface area contributed by atoms with Crippen molar-refractivity contribution in [2.24, 2.45) is 0 Å². The summed E-state index contributed by atoms with van der Waals surface area (Å²) < 4.78 is 5.11. The number of aliphatic hydroxyl groups is 2. The number of hydrogen-bond donors (Lipinski definition) is 3. The number of aromatic nitrogens is 1. The SMILES string of the molecule is CC(=O)Nc1ccnc(OC[C@@H](O)CO)c1. The van der Waals surface area contributed by atoms with E-state index in [-0.39, 0.29) is 25.0 Å². The van der Waals surface area contributed by atoms with Gasteiger partial charge < -0.3 is 20.3 Å². The van der Waals surface area contributed by atoms with Crippen LogP contribution in [0.3, 0.4) is 0 Å². The molecule has 0 aromatic carbocycles. The second-order valence-electron chi connectivity index (χ2n) is 3.21. The Morgan fingerprint density at radius 1 is 1.69 bits per heavy atom. The lowest BCUT2D eigenvalue weighted by molar-refractivity contribution is -0.114. The largest absolute Gasteiger partial charge is 0.475 e. The average molecular weight is 226 g/mol. The molecule has 0 spiro atoms. The lowest BCUT2D eigenvalue weighted by Crippen LogP contribution is -2.21. The Morgan fingerprint density at radius 3 is 3.06 bits per heavy atom. The monoisotopic (exact) mass is 226 g/mol. The van der Waals surface area contributed by atoms with Crippen LogP contribution < -0.4 is 10.1 Å². The zero-order valence-electron chi connectivity index (χ0n) is 8.88. The molecule has 6 heteroatoms. The van der Waals surface area contributed by atoms with E-state index in [9.17, 15) is 4.79 Å². The Labute approximate surface area is 92.9 Å². The first kappa shape index (κ1) is 12.4. The Kier molecular flexibility index (Phi) is 4.68. The topological polar surface area (TPSA) is 91.7 Å². The third-order valence-corrected chi connectivity index (χ3v) is 1.69. The maximum atomic E-state index is 10.8. The van der Waals surface area contributed by atoms with Gasteiger partial charge in [-0.2, -0.15) is 0 Å².